The maximum absolute atomic E-state index is 12.3. The summed E-state index contributed by atoms with van der Waals surface area (Å²) in [5.74, 6) is 1.07. The van der Waals surface area contributed by atoms with Crippen LogP contribution in [0.1, 0.15) is 29.8 Å². The topological polar surface area (TPSA) is 64.3 Å². The molecule has 0 bridgehead atoms. The summed E-state index contributed by atoms with van der Waals surface area (Å²) < 4.78 is 5.61. The fourth-order valence-corrected chi connectivity index (χ4v) is 1.95. The molecule has 0 aliphatic carbocycles. The fourth-order valence-electron chi connectivity index (χ4n) is 1.95. The number of rotatable bonds is 5. The highest BCUT2D eigenvalue weighted by molar-refractivity contribution is 6.05. The van der Waals surface area contributed by atoms with Gasteiger partial charge in [-0.05, 0) is 54.8 Å². The summed E-state index contributed by atoms with van der Waals surface area (Å²) in [5, 5.41) is 2.88. The van der Waals surface area contributed by atoms with Gasteiger partial charge in [-0.15, -0.1) is 0 Å². The number of amides is 1. The van der Waals surface area contributed by atoms with Gasteiger partial charge in [-0.1, -0.05) is 19.9 Å². The molecule has 2 rings (SSSR count). The van der Waals surface area contributed by atoms with Gasteiger partial charge in [0.05, 0.1) is 6.61 Å². The molecule has 0 saturated carbocycles. The summed E-state index contributed by atoms with van der Waals surface area (Å²) in [5.41, 5.74) is 8.68. The Morgan fingerprint density at radius 1 is 1.18 bits per heavy atom. The quantitative estimate of drug-likeness (QED) is 0.824. The van der Waals surface area contributed by atoms with Crippen LogP contribution >= 0.6 is 0 Å². The number of benzene rings is 2. The zero-order chi connectivity index (χ0) is 16.1. The van der Waals surface area contributed by atoms with Gasteiger partial charge >= 0.3 is 0 Å². The summed E-state index contributed by atoms with van der Waals surface area (Å²) in [6, 6.07) is 12.6. The van der Waals surface area contributed by atoms with Gasteiger partial charge in [0.25, 0.3) is 5.91 Å². The summed E-state index contributed by atoms with van der Waals surface area (Å²) in [4.78, 5) is 12.3. The molecule has 0 saturated heterocycles. The van der Waals surface area contributed by atoms with Crippen molar-refractivity contribution in [2.45, 2.75) is 20.8 Å². The first-order chi connectivity index (χ1) is 10.5. The minimum atomic E-state index is -0.163. The van der Waals surface area contributed by atoms with E-state index in [1.54, 1.807) is 12.1 Å². The number of anilines is 2. The molecule has 3 N–H and O–H groups in total. The fraction of sp³-hybridized carbons (Fsp3) is 0.278. The summed E-state index contributed by atoms with van der Waals surface area (Å²) in [6.07, 6.45) is 0. The van der Waals surface area contributed by atoms with Crippen LogP contribution < -0.4 is 15.8 Å². The molecule has 0 fully saturated rings. The first-order valence-electron chi connectivity index (χ1n) is 7.36. The smallest absolute Gasteiger partial charge is 0.255 e. The highest BCUT2D eigenvalue weighted by Crippen LogP contribution is 2.21. The second-order valence-corrected chi connectivity index (χ2v) is 5.70. The lowest BCUT2D eigenvalue weighted by molar-refractivity contribution is 0.102. The van der Waals surface area contributed by atoms with E-state index >= 15 is 0 Å². The molecule has 0 spiro atoms. The molecule has 0 unspecified atom stereocenters. The van der Waals surface area contributed by atoms with Crippen molar-refractivity contribution in [2.24, 2.45) is 5.92 Å². The number of nitrogens with one attached hydrogen (secondary N) is 1. The molecule has 4 nitrogen and oxygen atoms in total. The van der Waals surface area contributed by atoms with Gasteiger partial charge in [0, 0.05) is 16.9 Å². The average Bonchev–Trinajstić information content (AvgIpc) is 2.50. The molecule has 0 aliphatic heterocycles. The minimum absolute atomic E-state index is 0.163. The van der Waals surface area contributed by atoms with Crippen molar-refractivity contribution < 1.29 is 9.53 Å². The van der Waals surface area contributed by atoms with Crippen LogP contribution in [0.3, 0.4) is 0 Å². The molecule has 0 atom stereocenters. The molecule has 0 aliphatic rings. The van der Waals surface area contributed by atoms with Crippen molar-refractivity contribution in [3.8, 4) is 5.75 Å². The number of hydrogen-bond donors (Lipinski definition) is 2. The van der Waals surface area contributed by atoms with Crippen LogP contribution in [0.15, 0.2) is 42.5 Å². The summed E-state index contributed by atoms with van der Waals surface area (Å²) >= 11 is 0. The second-order valence-electron chi connectivity index (χ2n) is 5.70. The number of hydrogen-bond acceptors (Lipinski definition) is 3. The predicted molar refractivity (Wildman–Crippen MR) is 90.3 cm³/mol. The van der Waals surface area contributed by atoms with Crippen LogP contribution in [-0.2, 0) is 0 Å². The molecule has 2 aromatic rings. The van der Waals surface area contributed by atoms with E-state index in [-0.39, 0.29) is 5.91 Å². The van der Waals surface area contributed by atoms with Gasteiger partial charge in [0.2, 0.25) is 0 Å². The van der Waals surface area contributed by atoms with E-state index in [1.165, 1.54) is 0 Å². The Labute approximate surface area is 131 Å². The SMILES string of the molecule is Cc1c(N)cccc1NC(=O)c1ccc(OCC(C)C)cc1. The van der Waals surface area contributed by atoms with Gasteiger partial charge in [-0.25, -0.2) is 0 Å². The lowest BCUT2D eigenvalue weighted by Crippen LogP contribution is -2.13. The maximum Gasteiger partial charge on any atom is 0.255 e. The third kappa shape index (κ3) is 4.01. The zero-order valence-corrected chi connectivity index (χ0v) is 13.2. The third-order valence-corrected chi connectivity index (χ3v) is 3.32. The highest BCUT2D eigenvalue weighted by atomic mass is 16.5. The molecule has 4 heteroatoms. The molecule has 0 radical (unpaired) electrons. The number of ether oxygens (including phenoxy) is 1. The first kappa shape index (κ1) is 15.9. The van der Waals surface area contributed by atoms with Gasteiger partial charge < -0.3 is 15.8 Å². The van der Waals surface area contributed by atoms with Crippen molar-refractivity contribution in [3.63, 3.8) is 0 Å². The monoisotopic (exact) mass is 298 g/mol. The molecule has 22 heavy (non-hydrogen) atoms. The molecule has 2 aromatic carbocycles. The van der Waals surface area contributed by atoms with Crippen molar-refractivity contribution in [1.82, 2.24) is 0 Å². The minimum Gasteiger partial charge on any atom is -0.493 e. The van der Waals surface area contributed by atoms with Crippen LogP contribution in [0.5, 0.6) is 5.75 Å². The Hall–Kier alpha value is -2.49. The van der Waals surface area contributed by atoms with Gasteiger partial charge in [-0.2, -0.15) is 0 Å². The van der Waals surface area contributed by atoms with Gasteiger partial charge in [-0.3, -0.25) is 4.79 Å². The Morgan fingerprint density at radius 3 is 2.50 bits per heavy atom. The lowest BCUT2D eigenvalue weighted by Gasteiger charge is -2.11. The molecule has 116 valence electrons. The second kappa shape index (κ2) is 6.98. The lowest BCUT2D eigenvalue weighted by atomic mass is 10.1. The largest absolute Gasteiger partial charge is 0.493 e. The molecule has 1 amide bonds. The maximum atomic E-state index is 12.3. The number of carbonyl (C=O) groups is 1. The van der Waals surface area contributed by atoms with Crippen LogP contribution in [0.4, 0.5) is 11.4 Å². The Kier molecular flexibility index (Phi) is 5.04. The van der Waals surface area contributed by atoms with Crippen LogP contribution in [0, 0.1) is 12.8 Å². The standard InChI is InChI=1S/C18H22N2O2/c1-12(2)11-22-15-9-7-14(8-10-15)18(21)20-17-6-4-5-16(19)13(17)3/h4-10,12H,11,19H2,1-3H3,(H,20,21). The Bertz CT molecular complexity index is 649. The summed E-state index contributed by atoms with van der Waals surface area (Å²) in [7, 11) is 0. The third-order valence-electron chi connectivity index (χ3n) is 3.32. The van der Waals surface area contributed by atoms with Crippen molar-refractivity contribution in [2.75, 3.05) is 17.7 Å². The number of nitrogens with two attached hydrogens (primary N) is 1. The average molecular weight is 298 g/mol. The normalized spacial score (nSPS) is 10.5. The molecular weight excluding hydrogens is 276 g/mol. The highest BCUT2D eigenvalue weighted by Gasteiger charge is 2.09. The van der Waals surface area contributed by atoms with E-state index in [9.17, 15) is 4.79 Å². The van der Waals surface area contributed by atoms with E-state index in [0.29, 0.717) is 23.8 Å². The van der Waals surface area contributed by atoms with Crippen LogP contribution in [-0.4, -0.2) is 12.5 Å². The predicted octanol–water partition coefficient (Wildman–Crippen LogP) is 3.86. The van der Waals surface area contributed by atoms with E-state index in [1.807, 2.05) is 37.3 Å². The van der Waals surface area contributed by atoms with Crippen LogP contribution in [0.25, 0.3) is 0 Å². The van der Waals surface area contributed by atoms with Crippen LogP contribution in [0.2, 0.25) is 0 Å². The van der Waals surface area contributed by atoms with E-state index in [4.69, 9.17) is 10.5 Å². The Balaban J connectivity index is 2.05. The molecule has 0 aromatic heterocycles. The number of carbonyl (C=O) groups excluding carboxylic acids is 1. The van der Waals surface area contributed by atoms with E-state index in [2.05, 4.69) is 19.2 Å². The van der Waals surface area contributed by atoms with Crippen molar-refractivity contribution in [3.05, 3.63) is 53.6 Å². The Morgan fingerprint density at radius 2 is 1.86 bits per heavy atom. The van der Waals surface area contributed by atoms with E-state index < -0.39 is 0 Å². The first-order valence-corrected chi connectivity index (χ1v) is 7.36. The summed E-state index contributed by atoms with van der Waals surface area (Å²) in [6.45, 7) is 6.73. The van der Waals surface area contributed by atoms with Gasteiger partial charge in [0.1, 0.15) is 5.75 Å². The molecular formula is C18H22N2O2. The number of nitrogen functional groups attached to an aromatic ring is 1. The molecule has 0 heterocycles. The van der Waals surface area contributed by atoms with E-state index in [0.717, 1.165) is 17.0 Å². The zero-order valence-electron chi connectivity index (χ0n) is 13.2. The van der Waals surface area contributed by atoms with Gasteiger partial charge in [0.15, 0.2) is 0 Å². The van der Waals surface area contributed by atoms with Crippen molar-refractivity contribution in [1.29, 1.82) is 0 Å². The van der Waals surface area contributed by atoms with Crippen molar-refractivity contribution >= 4 is 17.3 Å².